The molecule has 1 amide bonds. The maximum Gasteiger partial charge on any atom is 0.573 e. The Bertz CT molecular complexity index is 708. The molecular weight excluding hydrogens is 345 g/mol. The summed E-state index contributed by atoms with van der Waals surface area (Å²) in [5.41, 5.74) is 5.39. The largest absolute Gasteiger partial charge is 0.573 e. The SMILES string of the molecule is O=C(NNC(=S)Nc1ccc(OC(F)(F)F)cc1)c1ccccn1. The molecular formula is C14H11F3N4O2S. The van der Waals surface area contributed by atoms with Crippen LogP contribution < -0.4 is 20.9 Å². The van der Waals surface area contributed by atoms with E-state index >= 15 is 0 Å². The zero-order valence-electron chi connectivity index (χ0n) is 11.9. The highest BCUT2D eigenvalue weighted by molar-refractivity contribution is 7.80. The van der Waals surface area contributed by atoms with Gasteiger partial charge in [0.05, 0.1) is 0 Å². The van der Waals surface area contributed by atoms with Crippen molar-refractivity contribution in [2.45, 2.75) is 6.36 Å². The van der Waals surface area contributed by atoms with Gasteiger partial charge in [-0.15, -0.1) is 13.2 Å². The van der Waals surface area contributed by atoms with Gasteiger partial charge in [0.25, 0.3) is 5.91 Å². The maximum absolute atomic E-state index is 12.1. The Morgan fingerprint density at radius 1 is 1.08 bits per heavy atom. The lowest BCUT2D eigenvalue weighted by Gasteiger charge is -2.12. The minimum atomic E-state index is -4.75. The van der Waals surface area contributed by atoms with E-state index in [0.29, 0.717) is 5.69 Å². The second kappa shape index (κ2) is 7.59. The Morgan fingerprint density at radius 2 is 1.79 bits per heavy atom. The second-order valence-electron chi connectivity index (χ2n) is 4.32. The van der Waals surface area contributed by atoms with Crippen molar-refractivity contribution in [2.75, 3.05) is 5.32 Å². The number of hydrogen-bond donors (Lipinski definition) is 3. The zero-order chi connectivity index (χ0) is 17.6. The number of pyridine rings is 1. The molecule has 0 aliphatic heterocycles. The van der Waals surface area contributed by atoms with E-state index in [1.54, 1.807) is 12.1 Å². The third kappa shape index (κ3) is 5.72. The number of nitrogens with zero attached hydrogens (tertiary/aromatic N) is 1. The van der Waals surface area contributed by atoms with Crippen molar-refractivity contribution in [2.24, 2.45) is 0 Å². The van der Waals surface area contributed by atoms with Crippen LogP contribution in [-0.2, 0) is 0 Å². The summed E-state index contributed by atoms with van der Waals surface area (Å²) < 4.78 is 39.9. The molecule has 0 saturated heterocycles. The Kier molecular flexibility index (Phi) is 5.53. The van der Waals surface area contributed by atoms with Gasteiger partial charge in [0.15, 0.2) is 5.11 Å². The standard InChI is InChI=1S/C14H11F3N4O2S/c15-14(16,17)23-10-6-4-9(5-7-10)19-13(24)21-20-12(22)11-3-1-2-8-18-11/h1-8H,(H,20,22)(H2,19,21,24). The van der Waals surface area contributed by atoms with Crippen LogP contribution in [0.5, 0.6) is 5.75 Å². The van der Waals surface area contributed by atoms with Crippen molar-refractivity contribution in [3.8, 4) is 5.75 Å². The van der Waals surface area contributed by atoms with Gasteiger partial charge in [0.1, 0.15) is 11.4 Å². The molecule has 0 atom stereocenters. The number of thiocarbonyl (C=S) groups is 1. The van der Waals surface area contributed by atoms with E-state index in [9.17, 15) is 18.0 Å². The van der Waals surface area contributed by atoms with Crippen LogP contribution in [0.25, 0.3) is 0 Å². The highest BCUT2D eigenvalue weighted by Gasteiger charge is 2.30. The normalized spacial score (nSPS) is 10.6. The maximum atomic E-state index is 12.1. The molecule has 126 valence electrons. The molecule has 0 unspecified atom stereocenters. The van der Waals surface area contributed by atoms with E-state index in [1.165, 1.54) is 24.4 Å². The number of nitrogens with one attached hydrogen (secondary N) is 3. The molecule has 0 fully saturated rings. The van der Waals surface area contributed by atoms with Gasteiger partial charge in [-0.25, -0.2) is 0 Å². The predicted octanol–water partition coefficient (Wildman–Crippen LogP) is 2.61. The van der Waals surface area contributed by atoms with Gasteiger partial charge in [-0.1, -0.05) is 6.07 Å². The number of amides is 1. The van der Waals surface area contributed by atoms with Gasteiger partial charge in [-0.2, -0.15) is 0 Å². The predicted molar refractivity (Wildman–Crippen MR) is 84.2 cm³/mol. The average molecular weight is 356 g/mol. The second-order valence-corrected chi connectivity index (χ2v) is 4.73. The fourth-order valence-corrected chi connectivity index (χ4v) is 1.75. The molecule has 0 spiro atoms. The number of benzene rings is 1. The summed E-state index contributed by atoms with van der Waals surface area (Å²) in [6.07, 6.45) is -3.28. The number of rotatable bonds is 3. The lowest BCUT2D eigenvalue weighted by atomic mass is 10.3. The molecule has 0 saturated carbocycles. The first-order valence-corrected chi connectivity index (χ1v) is 6.88. The summed E-state index contributed by atoms with van der Waals surface area (Å²) in [4.78, 5) is 15.6. The molecule has 0 aliphatic rings. The van der Waals surface area contributed by atoms with Gasteiger partial charge >= 0.3 is 6.36 Å². The number of hydrazine groups is 1. The van der Waals surface area contributed by atoms with Crippen molar-refractivity contribution in [1.29, 1.82) is 0 Å². The van der Waals surface area contributed by atoms with Gasteiger partial charge in [-0.3, -0.25) is 20.6 Å². The summed E-state index contributed by atoms with van der Waals surface area (Å²) in [5, 5.41) is 2.73. The monoisotopic (exact) mass is 356 g/mol. The van der Waals surface area contributed by atoms with Crippen LogP contribution in [0.15, 0.2) is 48.7 Å². The number of ether oxygens (including phenoxy) is 1. The number of aromatic nitrogens is 1. The lowest BCUT2D eigenvalue weighted by Crippen LogP contribution is -2.44. The van der Waals surface area contributed by atoms with Crippen LogP contribution in [0.3, 0.4) is 0 Å². The molecule has 1 heterocycles. The van der Waals surface area contributed by atoms with Gasteiger partial charge in [0, 0.05) is 11.9 Å². The Balaban J connectivity index is 1.83. The summed E-state index contributed by atoms with van der Waals surface area (Å²) in [5.74, 6) is -0.843. The molecule has 3 N–H and O–H groups in total. The molecule has 2 rings (SSSR count). The highest BCUT2D eigenvalue weighted by atomic mass is 32.1. The quantitative estimate of drug-likeness (QED) is 0.580. The number of anilines is 1. The van der Waals surface area contributed by atoms with E-state index in [1.807, 2.05) is 0 Å². The topological polar surface area (TPSA) is 75.3 Å². The van der Waals surface area contributed by atoms with Crippen LogP contribution in [0.1, 0.15) is 10.5 Å². The van der Waals surface area contributed by atoms with Crippen molar-refractivity contribution < 1.29 is 22.7 Å². The number of alkyl halides is 3. The fraction of sp³-hybridized carbons (Fsp3) is 0.0714. The van der Waals surface area contributed by atoms with Crippen molar-refractivity contribution >= 4 is 28.9 Å². The summed E-state index contributed by atoms with van der Waals surface area (Å²) in [6.45, 7) is 0. The Labute approximate surface area is 140 Å². The third-order valence-corrected chi connectivity index (χ3v) is 2.74. The first-order valence-electron chi connectivity index (χ1n) is 6.48. The molecule has 24 heavy (non-hydrogen) atoms. The summed E-state index contributed by atoms with van der Waals surface area (Å²) >= 11 is 4.96. The molecule has 6 nitrogen and oxygen atoms in total. The summed E-state index contributed by atoms with van der Waals surface area (Å²) in [7, 11) is 0. The zero-order valence-corrected chi connectivity index (χ0v) is 12.7. The number of halogens is 3. The number of hydrogen-bond acceptors (Lipinski definition) is 4. The van der Waals surface area contributed by atoms with Crippen LogP contribution in [0.4, 0.5) is 18.9 Å². The lowest BCUT2D eigenvalue weighted by molar-refractivity contribution is -0.274. The molecule has 10 heteroatoms. The molecule has 0 bridgehead atoms. The van der Waals surface area contributed by atoms with E-state index < -0.39 is 12.3 Å². The van der Waals surface area contributed by atoms with Crippen molar-refractivity contribution in [3.05, 3.63) is 54.4 Å². The van der Waals surface area contributed by atoms with E-state index in [2.05, 4.69) is 25.9 Å². The van der Waals surface area contributed by atoms with E-state index in [-0.39, 0.29) is 16.6 Å². The van der Waals surface area contributed by atoms with Crippen molar-refractivity contribution in [3.63, 3.8) is 0 Å². The van der Waals surface area contributed by atoms with Gasteiger partial charge < -0.3 is 10.1 Å². The molecule has 1 aromatic carbocycles. The average Bonchev–Trinajstić information content (AvgIpc) is 2.54. The minimum absolute atomic E-state index is 0.0452. The van der Waals surface area contributed by atoms with Crippen LogP contribution in [0, 0.1) is 0 Å². The van der Waals surface area contributed by atoms with Gasteiger partial charge in [0.2, 0.25) is 0 Å². The van der Waals surface area contributed by atoms with Gasteiger partial charge in [-0.05, 0) is 48.6 Å². The highest BCUT2D eigenvalue weighted by Crippen LogP contribution is 2.23. The van der Waals surface area contributed by atoms with Crippen molar-refractivity contribution in [1.82, 2.24) is 15.8 Å². The van der Waals surface area contributed by atoms with E-state index in [4.69, 9.17) is 12.2 Å². The van der Waals surface area contributed by atoms with Crippen LogP contribution in [0.2, 0.25) is 0 Å². The molecule has 1 aromatic heterocycles. The molecule has 2 aromatic rings. The molecule has 0 aliphatic carbocycles. The number of carbonyl (C=O) groups excluding carboxylic acids is 1. The molecule has 0 radical (unpaired) electrons. The van der Waals surface area contributed by atoms with Crippen LogP contribution in [-0.4, -0.2) is 22.4 Å². The first-order chi connectivity index (χ1) is 11.3. The summed E-state index contributed by atoms with van der Waals surface area (Å²) in [6, 6.07) is 9.79. The first kappa shape index (κ1) is 17.5. The Hall–Kier alpha value is -2.88. The fourth-order valence-electron chi connectivity index (χ4n) is 1.58. The Morgan fingerprint density at radius 3 is 2.38 bits per heavy atom. The van der Waals surface area contributed by atoms with Crippen LogP contribution >= 0.6 is 12.2 Å². The van der Waals surface area contributed by atoms with E-state index in [0.717, 1.165) is 12.1 Å². The third-order valence-electron chi connectivity index (χ3n) is 2.53. The number of carbonyl (C=O) groups is 1. The minimum Gasteiger partial charge on any atom is -0.406 e. The smallest absolute Gasteiger partial charge is 0.406 e.